The summed E-state index contributed by atoms with van der Waals surface area (Å²) < 4.78 is 1.99. The molecule has 0 aliphatic heterocycles. The van der Waals surface area contributed by atoms with Gasteiger partial charge in [0.15, 0.2) is 4.96 Å². The smallest absolute Gasteiger partial charge is 0.238 e. The molecule has 0 fully saturated rings. The van der Waals surface area contributed by atoms with Crippen LogP contribution >= 0.6 is 11.3 Å². The first-order chi connectivity index (χ1) is 8.08. The number of rotatable bonds is 4. The third-order valence-electron chi connectivity index (χ3n) is 2.54. The summed E-state index contributed by atoms with van der Waals surface area (Å²) in [5, 5.41) is 5.17. The fourth-order valence-electron chi connectivity index (χ4n) is 1.59. The number of hydrogen-bond donors (Lipinski definition) is 1. The molecule has 0 bridgehead atoms. The molecular weight excluding hydrogens is 236 g/mol. The van der Waals surface area contributed by atoms with Crippen LogP contribution in [-0.2, 0) is 11.3 Å². The molecule has 6 heteroatoms. The Bertz CT molecular complexity index is 488. The van der Waals surface area contributed by atoms with E-state index in [0.717, 1.165) is 10.7 Å². The lowest BCUT2D eigenvalue weighted by Gasteiger charge is -2.17. The van der Waals surface area contributed by atoms with E-state index in [1.807, 2.05) is 29.1 Å². The monoisotopic (exact) mass is 252 g/mol. The van der Waals surface area contributed by atoms with Gasteiger partial charge in [-0.2, -0.15) is 0 Å². The number of fused-ring (bicyclic) bond motifs is 1. The Labute approximate surface area is 104 Å². The van der Waals surface area contributed by atoms with Gasteiger partial charge in [-0.05, 0) is 6.92 Å². The highest BCUT2D eigenvalue weighted by atomic mass is 32.1. The van der Waals surface area contributed by atoms with Crippen LogP contribution in [0.1, 0.15) is 12.6 Å². The summed E-state index contributed by atoms with van der Waals surface area (Å²) >= 11 is 1.60. The van der Waals surface area contributed by atoms with Gasteiger partial charge in [0, 0.05) is 38.4 Å². The average molecular weight is 252 g/mol. The molecule has 1 N–H and O–H groups in total. The van der Waals surface area contributed by atoms with Gasteiger partial charge < -0.3 is 10.2 Å². The van der Waals surface area contributed by atoms with E-state index < -0.39 is 0 Å². The van der Waals surface area contributed by atoms with Crippen molar-refractivity contribution in [2.24, 2.45) is 0 Å². The summed E-state index contributed by atoms with van der Waals surface area (Å²) in [4.78, 5) is 18.6. The number of imidazole rings is 1. The van der Waals surface area contributed by atoms with Crippen molar-refractivity contribution < 1.29 is 4.79 Å². The van der Waals surface area contributed by atoms with Crippen LogP contribution in [0.2, 0.25) is 0 Å². The van der Waals surface area contributed by atoms with E-state index in [0.29, 0.717) is 6.54 Å². The van der Waals surface area contributed by atoms with Crippen LogP contribution in [0.4, 0.5) is 0 Å². The molecule has 0 saturated heterocycles. The van der Waals surface area contributed by atoms with Crippen molar-refractivity contribution in [2.75, 3.05) is 14.1 Å². The SMILES string of the molecule is CC(NCc1cn2ccsc2n1)C(=O)N(C)C. The highest BCUT2D eigenvalue weighted by molar-refractivity contribution is 7.15. The summed E-state index contributed by atoms with van der Waals surface area (Å²) in [6.45, 7) is 2.47. The minimum Gasteiger partial charge on any atom is -0.347 e. The van der Waals surface area contributed by atoms with Crippen LogP contribution in [0.25, 0.3) is 4.96 Å². The zero-order valence-electron chi connectivity index (χ0n) is 10.2. The number of amides is 1. The van der Waals surface area contributed by atoms with Crippen LogP contribution in [0.15, 0.2) is 17.8 Å². The zero-order chi connectivity index (χ0) is 12.4. The fourth-order valence-corrected chi connectivity index (χ4v) is 2.31. The van der Waals surface area contributed by atoms with Crippen molar-refractivity contribution in [3.05, 3.63) is 23.5 Å². The molecule has 2 rings (SSSR count). The van der Waals surface area contributed by atoms with Gasteiger partial charge in [-0.25, -0.2) is 4.98 Å². The Morgan fingerprint density at radius 1 is 1.65 bits per heavy atom. The zero-order valence-corrected chi connectivity index (χ0v) is 11.0. The van der Waals surface area contributed by atoms with Crippen LogP contribution in [0.5, 0.6) is 0 Å². The van der Waals surface area contributed by atoms with Gasteiger partial charge in [-0.15, -0.1) is 11.3 Å². The van der Waals surface area contributed by atoms with Gasteiger partial charge in [-0.1, -0.05) is 0 Å². The molecule has 1 amide bonds. The number of carbonyl (C=O) groups is 1. The molecule has 92 valence electrons. The minimum atomic E-state index is -0.190. The Balaban J connectivity index is 1.94. The largest absolute Gasteiger partial charge is 0.347 e. The van der Waals surface area contributed by atoms with Crippen molar-refractivity contribution in [3.8, 4) is 0 Å². The molecule has 0 spiro atoms. The van der Waals surface area contributed by atoms with Crippen LogP contribution in [0, 0.1) is 0 Å². The van der Waals surface area contributed by atoms with Crippen LogP contribution < -0.4 is 5.32 Å². The normalized spacial score (nSPS) is 12.9. The molecule has 1 unspecified atom stereocenters. The maximum absolute atomic E-state index is 11.6. The quantitative estimate of drug-likeness (QED) is 0.882. The van der Waals surface area contributed by atoms with E-state index >= 15 is 0 Å². The second-order valence-electron chi connectivity index (χ2n) is 4.16. The van der Waals surface area contributed by atoms with Crippen molar-refractivity contribution in [2.45, 2.75) is 19.5 Å². The first kappa shape index (κ1) is 12.1. The molecule has 0 aromatic carbocycles. The van der Waals surface area contributed by atoms with Gasteiger partial charge in [0.1, 0.15) is 0 Å². The van der Waals surface area contributed by atoms with Crippen LogP contribution in [0.3, 0.4) is 0 Å². The summed E-state index contributed by atoms with van der Waals surface area (Å²) in [5.41, 5.74) is 0.954. The molecule has 2 aromatic rings. The van der Waals surface area contributed by atoms with Gasteiger partial charge in [0.2, 0.25) is 5.91 Å². The molecule has 0 radical (unpaired) electrons. The molecular formula is C11H16N4OS. The standard InChI is InChI=1S/C11H16N4OS/c1-8(10(16)14(2)3)12-6-9-7-15-4-5-17-11(15)13-9/h4-5,7-8,12H,6H2,1-3H3. The van der Waals surface area contributed by atoms with E-state index in [-0.39, 0.29) is 11.9 Å². The van der Waals surface area contributed by atoms with Gasteiger partial charge >= 0.3 is 0 Å². The summed E-state index contributed by atoms with van der Waals surface area (Å²) in [7, 11) is 3.51. The number of thiazole rings is 1. The number of nitrogens with one attached hydrogen (secondary N) is 1. The van der Waals surface area contributed by atoms with Crippen molar-refractivity contribution >= 4 is 22.2 Å². The van der Waals surface area contributed by atoms with E-state index in [9.17, 15) is 4.79 Å². The summed E-state index contributed by atoms with van der Waals surface area (Å²) in [5.74, 6) is 0.0750. The third-order valence-corrected chi connectivity index (χ3v) is 3.31. The van der Waals surface area contributed by atoms with E-state index in [4.69, 9.17) is 0 Å². The second-order valence-corrected chi connectivity index (χ2v) is 5.03. The van der Waals surface area contributed by atoms with Crippen molar-refractivity contribution in [1.29, 1.82) is 0 Å². The molecule has 2 aromatic heterocycles. The number of aromatic nitrogens is 2. The Morgan fingerprint density at radius 2 is 2.41 bits per heavy atom. The fraction of sp³-hybridized carbons (Fsp3) is 0.455. The molecule has 0 aliphatic rings. The van der Waals surface area contributed by atoms with E-state index in [2.05, 4.69) is 10.3 Å². The molecule has 0 aliphatic carbocycles. The number of nitrogens with zero attached hydrogens (tertiary/aromatic N) is 3. The minimum absolute atomic E-state index is 0.0750. The predicted molar refractivity (Wildman–Crippen MR) is 68.1 cm³/mol. The van der Waals surface area contributed by atoms with Crippen molar-refractivity contribution in [1.82, 2.24) is 19.6 Å². The molecule has 5 nitrogen and oxygen atoms in total. The summed E-state index contributed by atoms with van der Waals surface area (Å²) in [6, 6.07) is -0.190. The lowest BCUT2D eigenvalue weighted by atomic mass is 10.3. The molecule has 2 heterocycles. The maximum Gasteiger partial charge on any atom is 0.238 e. The molecule has 1 atom stereocenters. The Morgan fingerprint density at radius 3 is 3.06 bits per heavy atom. The van der Waals surface area contributed by atoms with Gasteiger partial charge in [0.25, 0.3) is 0 Å². The second kappa shape index (κ2) is 4.85. The topological polar surface area (TPSA) is 49.6 Å². The first-order valence-electron chi connectivity index (χ1n) is 5.43. The maximum atomic E-state index is 11.6. The molecule has 17 heavy (non-hydrogen) atoms. The van der Waals surface area contributed by atoms with Gasteiger partial charge in [0.05, 0.1) is 11.7 Å². The average Bonchev–Trinajstić information content (AvgIpc) is 2.84. The third kappa shape index (κ3) is 2.65. The number of likely N-dealkylation sites (N-methyl/N-ethyl adjacent to an activating group) is 1. The Kier molecular flexibility index (Phi) is 3.44. The Hall–Kier alpha value is -1.40. The predicted octanol–water partition coefficient (Wildman–Crippen LogP) is 0.962. The lowest BCUT2D eigenvalue weighted by Crippen LogP contribution is -2.41. The van der Waals surface area contributed by atoms with Crippen molar-refractivity contribution in [3.63, 3.8) is 0 Å². The number of carbonyl (C=O) groups excluding carboxylic acids is 1. The summed E-state index contributed by atoms with van der Waals surface area (Å²) in [6.07, 6.45) is 3.95. The molecule has 0 saturated carbocycles. The first-order valence-corrected chi connectivity index (χ1v) is 6.31. The van der Waals surface area contributed by atoms with Crippen LogP contribution in [-0.4, -0.2) is 40.3 Å². The lowest BCUT2D eigenvalue weighted by molar-refractivity contribution is -0.130. The van der Waals surface area contributed by atoms with E-state index in [1.165, 1.54) is 0 Å². The number of hydrogen-bond acceptors (Lipinski definition) is 4. The highest BCUT2D eigenvalue weighted by Crippen LogP contribution is 2.11. The highest BCUT2D eigenvalue weighted by Gasteiger charge is 2.14. The van der Waals surface area contributed by atoms with Gasteiger partial charge in [-0.3, -0.25) is 9.20 Å². The van der Waals surface area contributed by atoms with E-state index in [1.54, 1.807) is 30.3 Å².